The van der Waals surface area contributed by atoms with E-state index in [1.165, 1.54) is 10.7 Å². The van der Waals surface area contributed by atoms with Crippen molar-refractivity contribution in [2.45, 2.75) is 23.2 Å². The van der Waals surface area contributed by atoms with Crippen LogP contribution in [0, 0.1) is 0 Å². The molecule has 2 aromatic heterocycles. The molecule has 0 spiro atoms. The molecule has 23 heavy (non-hydrogen) atoms. The lowest BCUT2D eigenvalue weighted by atomic mass is 10.2. The summed E-state index contributed by atoms with van der Waals surface area (Å²) in [6, 6.07) is 4.56. The van der Waals surface area contributed by atoms with Gasteiger partial charge in [-0.25, -0.2) is 17.8 Å². The third-order valence-corrected chi connectivity index (χ3v) is 6.48. The van der Waals surface area contributed by atoms with Gasteiger partial charge in [-0.2, -0.15) is 5.10 Å². The first-order chi connectivity index (χ1) is 11.0. The molecule has 1 aliphatic rings. The fourth-order valence-corrected chi connectivity index (χ4v) is 4.61. The van der Waals surface area contributed by atoms with Gasteiger partial charge in [0.15, 0.2) is 0 Å². The normalized spacial score (nSPS) is 18.4. The minimum absolute atomic E-state index is 0.0467. The molecule has 0 aliphatic carbocycles. The van der Waals surface area contributed by atoms with Crippen LogP contribution in [-0.2, 0) is 21.8 Å². The van der Waals surface area contributed by atoms with Gasteiger partial charge in [-0.05, 0) is 25.0 Å². The van der Waals surface area contributed by atoms with Gasteiger partial charge in [-0.15, -0.1) is 11.3 Å². The summed E-state index contributed by atoms with van der Waals surface area (Å²) in [6.45, 7) is 0.974. The van der Waals surface area contributed by atoms with Gasteiger partial charge in [0, 0.05) is 37.2 Å². The molecular weight excluding hydrogens is 338 g/mol. The number of hydrogen-bond acceptors (Lipinski definition) is 6. The van der Waals surface area contributed by atoms with E-state index in [4.69, 9.17) is 4.74 Å². The Bertz CT molecular complexity index is 851. The summed E-state index contributed by atoms with van der Waals surface area (Å²) in [7, 11) is -2.01. The van der Waals surface area contributed by atoms with Crippen molar-refractivity contribution in [1.82, 2.24) is 14.5 Å². The third kappa shape index (κ3) is 3.69. The van der Waals surface area contributed by atoms with Gasteiger partial charge < -0.3 is 4.74 Å². The average Bonchev–Trinajstić information content (AvgIpc) is 3.19. The van der Waals surface area contributed by atoms with Gasteiger partial charge in [0.05, 0.1) is 11.8 Å². The topological polar surface area (TPSA) is 90.3 Å². The molecule has 0 saturated carbocycles. The zero-order valence-corrected chi connectivity index (χ0v) is 14.2. The second kappa shape index (κ2) is 6.52. The van der Waals surface area contributed by atoms with Crippen LogP contribution in [-0.4, -0.2) is 37.5 Å². The van der Waals surface area contributed by atoms with Crippen LogP contribution < -0.4 is 10.3 Å². The van der Waals surface area contributed by atoms with Crippen LogP contribution in [0.5, 0.6) is 0 Å². The van der Waals surface area contributed by atoms with E-state index in [2.05, 4.69) is 9.82 Å². The molecule has 0 amide bonds. The quantitative estimate of drug-likeness (QED) is 0.863. The second-order valence-electron chi connectivity index (χ2n) is 5.32. The molecule has 3 rings (SSSR count). The number of hydrogen-bond donors (Lipinski definition) is 1. The Labute approximate surface area is 138 Å². The fraction of sp³-hybridized carbons (Fsp3) is 0.429. The lowest BCUT2D eigenvalue weighted by Crippen LogP contribution is -2.31. The summed E-state index contributed by atoms with van der Waals surface area (Å²) in [4.78, 5) is 11.4. The first-order valence-electron chi connectivity index (χ1n) is 7.20. The highest BCUT2D eigenvalue weighted by Crippen LogP contribution is 2.26. The summed E-state index contributed by atoms with van der Waals surface area (Å²) in [5.41, 5.74) is 1.02. The molecular formula is C14H17N3O4S2. The van der Waals surface area contributed by atoms with Crippen LogP contribution >= 0.6 is 11.3 Å². The molecule has 0 aromatic carbocycles. The Morgan fingerprint density at radius 2 is 2.30 bits per heavy atom. The smallest absolute Gasteiger partial charge is 0.266 e. The van der Waals surface area contributed by atoms with Gasteiger partial charge in [0.2, 0.25) is 10.0 Å². The molecule has 3 heterocycles. The second-order valence-corrected chi connectivity index (χ2v) is 8.23. The molecule has 124 valence electrons. The number of thiophene rings is 1. The highest BCUT2D eigenvalue weighted by atomic mass is 32.2. The standard InChI is InChI=1S/C14H17N3O4S2/c1-17-13(18)5-4-12(16-17)10-7-14(22-9-10)23(19,20)15-8-11-3-2-6-21-11/h4-5,7,9,11,15H,2-3,6,8H2,1H3/t11-/m1/s1. The van der Waals surface area contributed by atoms with Crippen LogP contribution in [0.15, 0.2) is 32.6 Å². The number of nitrogens with one attached hydrogen (secondary N) is 1. The van der Waals surface area contributed by atoms with Gasteiger partial charge in [-0.1, -0.05) is 0 Å². The Hall–Kier alpha value is -1.55. The Morgan fingerprint density at radius 1 is 1.48 bits per heavy atom. The van der Waals surface area contributed by atoms with E-state index in [1.807, 2.05) is 0 Å². The average molecular weight is 355 g/mol. The first kappa shape index (κ1) is 16.3. The van der Waals surface area contributed by atoms with Crippen molar-refractivity contribution < 1.29 is 13.2 Å². The van der Waals surface area contributed by atoms with E-state index < -0.39 is 10.0 Å². The molecule has 2 aromatic rings. The fourth-order valence-electron chi connectivity index (χ4n) is 2.33. The zero-order chi connectivity index (χ0) is 16.4. The highest BCUT2D eigenvalue weighted by Gasteiger charge is 2.22. The number of aromatic nitrogens is 2. The van der Waals surface area contributed by atoms with Crippen molar-refractivity contribution in [1.29, 1.82) is 0 Å². The summed E-state index contributed by atoms with van der Waals surface area (Å²) in [6.07, 6.45) is 1.79. The van der Waals surface area contributed by atoms with Gasteiger partial charge in [-0.3, -0.25) is 4.79 Å². The molecule has 0 unspecified atom stereocenters. The lowest BCUT2D eigenvalue weighted by molar-refractivity contribution is 0.114. The number of ether oxygens (including phenoxy) is 1. The summed E-state index contributed by atoms with van der Waals surface area (Å²) in [5, 5.41) is 5.84. The summed E-state index contributed by atoms with van der Waals surface area (Å²) >= 11 is 1.13. The van der Waals surface area contributed by atoms with Gasteiger partial charge >= 0.3 is 0 Å². The van der Waals surface area contributed by atoms with E-state index in [9.17, 15) is 13.2 Å². The van der Waals surface area contributed by atoms with Crippen LogP contribution in [0.25, 0.3) is 11.3 Å². The number of nitrogens with zero attached hydrogens (tertiary/aromatic N) is 2. The lowest BCUT2D eigenvalue weighted by Gasteiger charge is -2.10. The van der Waals surface area contributed by atoms with E-state index in [0.717, 1.165) is 24.2 Å². The SMILES string of the molecule is Cn1nc(-c2csc(S(=O)(=O)NC[C@H]3CCCO3)c2)ccc1=O. The monoisotopic (exact) mass is 355 g/mol. The van der Waals surface area contributed by atoms with Crippen LogP contribution in [0.3, 0.4) is 0 Å². The molecule has 1 N–H and O–H groups in total. The maximum atomic E-state index is 12.3. The molecule has 9 heteroatoms. The molecule has 0 radical (unpaired) electrons. The maximum absolute atomic E-state index is 12.3. The van der Waals surface area contributed by atoms with Crippen molar-refractivity contribution in [2.75, 3.05) is 13.2 Å². The summed E-state index contributed by atoms with van der Waals surface area (Å²) < 4.78 is 34.1. The van der Waals surface area contributed by atoms with Crippen molar-refractivity contribution in [3.8, 4) is 11.3 Å². The predicted molar refractivity (Wildman–Crippen MR) is 87.0 cm³/mol. The molecule has 1 saturated heterocycles. The predicted octanol–water partition coefficient (Wildman–Crippen LogP) is 0.966. The minimum atomic E-state index is -3.56. The van der Waals surface area contributed by atoms with Crippen molar-refractivity contribution in [3.63, 3.8) is 0 Å². The van der Waals surface area contributed by atoms with Gasteiger partial charge in [0.1, 0.15) is 4.21 Å². The first-order valence-corrected chi connectivity index (χ1v) is 9.56. The molecule has 0 bridgehead atoms. The highest BCUT2D eigenvalue weighted by molar-refractivity contribution is 7.91. The van der Waals surface area contributed by atoms with E-state index in [0.29, 0.717) is 17.9 Å². The molecule has 1 atom stereocenters. The molecule has 1 aliphatic heterocycles. The van der Waals surface area contributed by atoms with Crippen molar-refractivity contribution in [2.24, 2.45) is 7.05 Å². The largest absolute Gasteiger partial charge is 0.377 e. The molecule has 7 nitrogen and oxygen atoms in total. The van der Waals surface area contributed by atoms with Crippen LogP contribution in [0.1, 0.15) is 12.8 Å². The van der Waals surface area contributed by atoms with E-state index in [-0.39, 0.29) is 22.4 Å². The number of rotatable bonds is 5. The Kier molecular flexibility index (Phi) is 4.62. The Balaban J connectivity index is 1.77. The van der Waals surface area contributed by atoms with Crippen molar-refractivity contribution in [3.05, 3.63) is 33.9 Å². The third-order valence-electron chi connectivity index (χ3n) is 3.62. The Morgan fingerprint density at radius 3 is 3.00 bits per heavy atom. The van der Waals surface area contributed by atoms with Crippen molar-refractivity contribution >= 4 is 21.4 Å². The van der Waals surface area contributed by atoms with E-state index in [1.54, 1.807) is 24.6 Å². The molecule has 1 fully saturated rings. The summed E-state index contributed by atoms with van der Waals surface area (Å²) in [5.74, 6) is 0. The zero-order valence-electron chi connectivity index (χ0n) is 12.6. The van der Waals surface area contributed by atoms with Crippen LogP contribution in [0.2, 0.25) is 0 Å². The maximum Gasteiger partial charge on any atom is 0.266 e. The van der Waals surface area contributed by atoms with Crippen LogP contribution in [0.4, 0.5) is 0 Å². The minimum Gasteiger partial charge on any atom is -0.377 e. The number of sulfonamides is 1. The van der Waals surface area contributed by atoms with Gasteiger partial charge in [0.25, 0.3) is 5.56 Å². The number of aryl methyl sites for hydroxylation is 1. The van der Waals surface area contributed by atoms with E-state index >= 15 is 0 Å².